The van der Waals surface area contributed by atoms with Gasteiger partial charge in [0.05, 0.1) is 15.5 Å². The van der Waals surface area contributed by atoms with Crippen LogP contribution in [0.1, 0.15) is 34.9 Å². The van der Waals surface area contributed by atoms with Gasteiger partial charge in [0.15, 0.2) is 0 Å². The highest BCUT2D eigenvalue weighted by atomic mass is 79.9. The fraction of sp³-hybridized carbons (Fsp3) is 0.333. The molecule has 0 saturated carbocycles. The van der Waals surface area contributed by atoms with Crippen LogP contribution in [0.15, 0.2) is 28.1 Å². The SMILES string of the molecule is Cc1cccc(F)c1NC1CCCc2sc(Br)cc21. The number of anilines is 1. The Labute approximate surface area is 125 Å². The second kappa shape index (κ2) is 5.25. The summed E-state index contributed by atoms with van der Waals surface area (Å²) >= 11 is 5.35. The molecule has 0 spiro atoms. The summed E-state index contributed by atoms with van der Waals surface area (Å²) in [5, 5.41) is 3.40. The van der Waals surface area contributed by atoms with Crippen LogP contribution in [0, 0.1) is 12.7 Å². The Kier molecular flexibility index (Phi) is 3.63. The molecule has 1 atom stereocenters. The molecule has 100 valence electrons. The summed E-state index contributed by atoms with van der Waals surface area (Å²) in [5.41, 5.74) is 2.93. The van der Waals surface area contributed by atoms with E-state index in [-0.39, 0.29) is 11.9 Å². The van der Waals surface area contributed by atoms with Crippen molar-refractivity contribution >= 4 is 33.0 Å². The van der Waals surface area contributed by atoms with E-state index >= 15 is 0 Å². The number of hydrogen-bond donors (Lipinski definition) is 1. The molecule has 1 nitrogen and oxygen atoms in total. The molecule has 0 bridgehead atoms. The van der Waals surface area contributed by atoms with E-state index in [1.807, 2.05) is 13.0 Å². The molecule has 1 aliphatic carbocycles. The summed E-state index contributed by atoms with van der Waals surface area (Å²) in [6, 6.07) is 7.61. The quantitative estimate of drug-likeness (QED) is 0.767. The first-order valence-electron chi connectivity index (χ1n) is 6.45. The van der Waals surface area contributed by atoms with Crippen LogP contribution < -0.4 is 5.32 Å². The van der Waals surface area contributed by atoms with Crippen LogP contribution in [0.2, 0.25) is 0 Å². The van der Waals surface area contributed by atoms with E-state index in [0.29, 0.717) is 5.69 Å². The zero-order valence-electron chi connectivity index (χ0n) is 10.7. The van der Waals surface area contributed by atoms with E-state index in [2.05, 4.69) is 27.3 Å². The molecule has 4 heteroatoms. The Morgan fingerprint density at radius 3 is 3.05 bits per heavy atom. The van der Waals surface area contributed by atoms with Gasteiger partial charge in [0.25, 0.3) is 0 Å². The maximum absolute atomic E-state index is 13.9. The first-order chi connectivity index (χ1) is 9.15. The number of benzene rings is 1. The van der Waals surface area contributed by atoms with Crippen LogP contribution in [-0.2, 0) is 6.42 Å². The summed E-state index contributed by atoms with van der Waals surface area (Å²) in [6.45, 7) is 1.94. The second-order valence-corrected chi connectivity index (χ2v) is 7.47. The van der Waals surface area contributed by atoms with Crippen molar-refractivity contribution < 1.29 is 4.39 Å². The Morgan fingerprint density at radius 2 is 2.26 bits per heavy atom. The predicted molar refractivity (Wildman–Crippen MR) is 82.5 cm³/mol. The molecule has 1 N–H and O–H groups in total. The number of para-hydroxylation sites is 1. The smallest absolute Gasteiger partial charge is 0.146 e. The molecule has 1 aliphatic rings. The van der Waals surface area contributed by atoms with E-state index < -0.39 is 0 Å². The highest BCUT2D eigenvalue weighted by Gasteiger charge is 2.23. The lowest BCUT2D eigenvalue weighted by Crippen LogP contribution is -2.17. The third-order valence-electron chi connectivity index (χ3n) is 3.62. The van der Waals surface area contributed by atoms with Crippen LogP contribution in [0.25, 0.3) is 0 Å². The molecule has 2 aromatic rings. The number of thiophene rings is 1. The van der Waals surface area contributed by atoms with Gasteiger partial charge < -0.3 is 5.32 Å². The molecule has 1 aromatic carbocycles. The zero-order valence-corrected chi connectivity index (χ0v) is 13.1. The van der Waals surface area contributed by atoms with Crippen molar-refractivity contribution in [2.24, 2.45) is 0 Å². The average Bonchev–Trinajstić information content (AvgIpc) is 2.75. The Morgan fingerprint density at radius 1 is 1.42 bits per heavy atom. The summed E-state index contributed by atoms with van der Waals surface area (Å²) < 4.78 is 15.1. The van der Waals surface area contributed by atoms with Gasteiger partial charge in [0.1, 0.15) is 5.82 Å². The predicted octanol–water partition coefficient (Wildman–Crippen LogP) is 5.45. The minimum absolute atomic E-state index is 0.165. The van der Waals surface area contributed by atoms with E-state index in [0.717, 1.165) is 28.6 Å². The molecule has 0 fully saturated rings. The fourth-order valence-electron chi connectivity index (χ4n) is 2.66. The molecule has 0 saturated heterocycles. The van der Waals surface area contributed by atoms with Crippen LogP contribution >= 0.6 is 27.3 Å². The van der Waals surface area contributed by atoms with Gasteiger partial charge in [-0.15, -0.1) is 11.3 Å². The Hall–Kier alpha value is -0.870. The molecule has 19 heavy (non-hydrogen) atoms. The van der Waals surface area contributed by atoms with Crippen molar-refractivity contribution in [2.45, 2.75) is 32.2 Å². The van der Waals surface area contributed by atoms with Gasteiger partial charge in [0.2, 0.25) is 0 Å². The van der Waals surface area contributed by atoms with E-state index in [9.17, 15) is 4.39 Å². The first kappa shape index (κ1) is 13.1. The van der Waals surface area contributed by atoms with Crippen molar-refractivity contribution in [3.05, 3.63) is 49.9 Å². The Balaban J connectivity index is 1.92. The van der Waals surface area contributed by atoms with Gasteiger partial charge in [0, 0.05) is 4.88 Å². The second-order valence-electron chi connectivity index (χ2n) is 4.95. The van der Waals surface area contributed by atoms with Gasteiger partial charge in [-0.2, -0.15) is 0 Å². The van der Waals surface area contributed by atoms with E-state index in [4.69, 9.17) is 0 Å². The molecule has 3 rings (SSSR count). The largest absolute Gasteiger partial charge is 0.376 e. The molecular formula is C15H15BrFNS. The first-order valence-corrected chi connectivity index (χ1v) is 8.06. The van der Waals surface area contributed by atoms with Gasteiger partial charge in [-0.05, 0) is 65.4 Å². The van der Waals surface area contributed by atoms with Crippen molar-refractivity contribution in [2.75, 3.05) is 5.32 Å². The number of halogens is 2. The van der Waals surface area contributed by atoms with Gasteiger partial charge in [-0.1, -0.05) is 12.1 Å². The third kappa shape index (κ3) is 2.56. The van der Waals surface area contributed by atoms with Crippen molar-refractivity contribution in [1.29, 1.82) is 0 Å². The maximum Gasteiger partial charge on any atom is 0.146 e. The summed E-state index contributed by atoms with van der Waals surface area (Å²) in [4.78, 5) is 1.42. The topological polar surface area (TPSA) is 12.0 Å². The summed E-state index contributed by atoms with van der Waals surface area (Å²) in [6.07, 6.45) is 3.36. The van der Waals surface area contributed by atoms with E-state index in [1.54, 1.807) is 17.4 Å². The van der Waals surface area contributed by atoms with Crippen LogP contribution in [-0.4, -0.2) is 0 Å². The van der Waals surface area contributed by atoms with Crippen LogP contribution in [0.3, 0.4) is 0 Å². The summed E-state index contributed by atoms with van der Waals surface area (Å²) in [7, 11) is 0. The standard InChI is InChI=1S/C15H15BrFNS/c1-9-4-2-5-11(17)15(9)18-12-6-3-7-13-10(12)8-14(16)19-13/h2,4-5,8,12,18H,3,6-7H2,1H3. The monoisotopic (exact) mass is 339 g/mol. The highest BCUT2D eigenvalue weighted by Crippen LogP contribution is 2.40. The maximum atomic E-state index is 13.9. The normalized spacial score (nSPS) is 18.2. The molecule has 1 heterocycles. The van der Waals surface area contributed by atoms with Crippen molar-refractivity contribution in [3.8, 4) is 0 Å². The lowest BCUT2D eigenvalue weighted by molar-refractivity contribution is 0.591. The van der Waals surface area contributed by atoms with E-state index in [1.165, 1.54) is 16.5 Å². The molecule has 0 radical (unpaired) electrons. The highest BCUT2D eigenvalue weighted by molar-refractivity contribution is 9.11. The number of rotatable bonds is 2. The lowest BCUT2D eigenvalue weighted by atomic mass is 9.93. The zero-order chi connectivity index (χ0) is 13.4. The molecular weight excluding hydrogens is 325 g/mol. The lowest BCUT2D eigenvalue weighted by Gasteiger charge is -2.25. The average molecular weight is 340 g/mol. The number of fused-ring (bicyclic) bond motifs is 1. The molecule has 1 unspecified atom stereocenters. The van der Waals surface area contributed by atoms with Crippen molar-refractivity contribution in [1.82, 2.24) is 0 Å². The minimum Gasteiger partial charge on any atom is -0.376 e. The third-order valence-corrected chi connectivity index (χ3v) is 5.34. The number of nitrogens with one attached hydrogen (secondary N) is 1. The van der Waals surface area contributed by atoms with Crippen LogP contribution in [0.5, 0.6) is 0 Å². The molecule has 0 amide bonds. The fourth-order valence-corrected chi connectivity index (χ4v) is 4.48. The Bertz CT molecular complexity index is 588. The van der Waals surface area contributed by atoms with Crippen LogP contribution in [0.4, 0.5) is 10.1 Å². The van der Waals surface area contributed by atoms with Gasteiger partial charge in [-0.3, -0.25) is 0 Å². The van der Waals surface area contributed by atoms with Gasteiger partial charge in [-0.25, -0.2) is 4.39 Å². The van der Waals surface area contributed by atoms with Crippen molar-refractivity contribution in [3.63, 3.8) is 0 Å². The minimum atomic E-state index is -0.165. The molecule has 0 aliphatic heterocycles. The molecule has 1 aromatic heterocycles. The van der Waals surface area contributed by atoms with Gasteiger partial charge >= 0.3 is 0 Å². The summed E-state index contributed by atoms with van der Waals surface area (Å²) in [5.74, 6) is -0.165. The number of hydrogen-bond acceptors (Lipinski definition) is 2. The number of aryl methyl sites for hydroxylation is 2.